The molecule has 0 saturated carbocycles. The van der Waals surface area contributed by atoms with Gasteiger partial charge in [-0.15, -0.1) is 0 Å². The van der Waals surface area contributed by atoms with Crippen LogP contribution >= 0.6 is 0 Å². The highest BCUT2D eigenvalue weighted by Crippen LogP contribution is 2.40. The summed E-state index contributed by atoms with van der Waals surface area (Å²) in [6.07, 6.45) is 0. The molecule has 0 radical (unpaired) electrons. The van der Waals surface area contributed by atoms with Crippen LogP contribution in [0.2, 0.25) is 0 Å². The van der Waals surface area contributed by atoms with Gasteiger partial charge in [-0.25, -0.2) is 19.9 Å². The van der Waals surface area contributed by atoms with Crippen LogP contribution in [0.3, 0.4) is 0 Å². The van der Waals surface area contributed by atoms with E-state index in [1.807, 2.05) is 6.07 Å². The summed E-state index contributed by atoms with van der Waals surface area (Å²) in [6, 6.07) is 72.4. The van der Waals surface area contributed by atoms with E-state index in [4.69, 9.17) is 19.9 Å². The molecular weight excluding hydrogens is 705 g/mol. The lowest BCUT2D eigenvalue weighted by Gasteiger charge is -2.15. The Kier molecular flexibility index (Phi) is 8.11. The maximum Gasteiger partial charge on any atom is 0.164 e. The first-order chi connectivity index (χ1) is 28.7. The smallest absolute Gasteiger partial charge is 0.164 e. The Balaban J connectivity index is 1.08. The second-order valence-corrected chi connectivity index (χ2v) is 14.7. The van der Waals surface area contributed by atoms with E-state index in [0.717, 1.165) is 66.1 Å². The number of aromatic nitrogens is 4. The minimum atomic E-state index is 0.620. The van der Waals surface area contributed by atoms with E-state index in [0.29, 0.717) is 17.5 Å². The van der Waals surface area contributed by atoms with Crippen molar-refractivity contribution in [2.45, 2.75) is 0 Å². The van der Waals surface area contributed by atoms with Crippen LogP contribution in [0.1, 0.15) is 0 Å². The molecule has 0 unspecified atom stereocenters. The average Bonchev–Trinajstić information content (AvgIpc) is 3.31. The molecule has 0 aliphatic heterocycles. The number of benzene rings is 9. The van der Waals surface area contributed by atoms with Crippen LogP contribution in [-0.4, -0.2) is 19.9 Å². The second-order valence-electron chi connectivity index (χ2n) is 14.7. The van der Waals surface area contributed by atoms with E-state index in [1.165, 1.54) is 27.3 Å². The fraction of sp³-hybridized carbons (Fsp3) is 0. The molecule has 0 bridgehead atoms. The van der Waals surface area contributed by atoms with Gasteiger partial charge in [0.05, 0.1) is 11.2 Å². The van der Waals surface area contributed by atoms with Crippen LogP contribution in [0.5, 0.6) is 0 Å². The van der Waals surface area contributed by atoms with E-state index >= 15 is 0 Å². The largest absolute Gasteiger partial charge is 0.247 e. The number of pyridine rings is 1. The van der Waals surface area contributed by atoms with Gasteiger partial charge in [0.15, 0.2) is 17.5 Å². The van der Waals surface area contributed by atoms with Crippen LogP contribution < -0.4 is 0 Å². The average molecular weight is 739 g/mol. The summed E-state index contributed by atoms with van der Waals surface area (Å²) in [5.74, 6) is 1.89. The van der Waals surface area contributed by atoms with Gasteiger partial charge in [0, 0.05) is 38.4 Å². The number of hydrogen-bond acceptors (Lipinski definition) is 4. The third-order valence-corrected chi connectivity index (χ3v) is 11.1. The molecule has 2 heterocycles. The minimum absolute atomic E-state index is 0.620. The molecule has 0 amide bonds. The molecule has 0 atom stereocenters. The Labute approximate surface area is 335 Å². The second kappa shape index (κ2) is 14.0. The summed E-state index contributed by atoms with van der Waals surface area (Å²) >= 11 is 0. The molecule has 11 rings (SSSR count). The van der Waals surface area contributed by atoms with Crippen molar-refractivity contribution < 1.29 is 0 Å². The van der Waals surface area contributed by atoms with E-state index < -0.39 is 0 Å². The first kappa shape index (κ1) is 33.5. The van der Waals surface area contributed by atoms with Crippen molar-refractivity contribution in [3.8, 4) is 67.7 Å². The number of fused-ring (bicyclic) bond motifs is 5. The summed E-state index contributed by atoms with van der Waals surface area (Å²) in [5, 5.41) is 8.05. The van der Waals surface area contributed by atoms with E-state index in [9.17, 15) is 0 Å². The summed E-state index contributed by atoms with van der Waals surface area (Å²) < 4.78 is 0. The topological polar surface area (TPSA) is 51.6 Å². The van der Waals surface area contributed by atoms with Crippen molar-refractivity contribution in [1.82, 2.24) is 19.9 Å². The molecule has 0 saturated heterocycles. The Hall–Kier alpha value is -7.82. The van der Waals surface area contributed by atoms with Crippen molar-refractivity contribution in [3.63, 3.8) is 0 Å². The number of hydrogen-bond donors (Lipinski definition) is 0. The lowest BCUT2D eigenvalue weighted by atomic mass is 9.91. The van der Waals surface area contributed by atoms with Gasteiger partial charge >= 0.3 is 0 Å². The zero-order valence-corrected chi connectivity index (χ0v) is 31.4. The summed E-state index contributed by atoms with van der Waals surface area (Å²) in [6.45, 7) is 0. The van der Waals surface area contributed by atoms with Gasteiger partial charge < -0.3 is 0 Å². The summed E-state index contributed by atoms with van der Waals surface area (Å²) in [5.41, 5.74) is 10.3. The van der Waals surface area contributed by atoms with Crippen LogP contribution in [0, 0.1) is 0 Å². The third kappa shape index (κ3) is 6.05. The number of rotatable bonds is 6. The quantitative estimate of drug-likeness (QED) is 0.159. The Morgan fingerprint density at radius 3 is 1.38 bits per heavy atom. The SMILES string of the molecule is c1ccc(-c2nc3ccc(-c4cccc(-c5nc(-c6ccc7ccccc7c6)nc(-c6ccc7ccccc7c6)n5)c4)cc3c3c(-c4ccccc4)cccc23)cc1. The predicted octanol–water partition coefficient (Wildman–Crippen LogP) is 13.9. The Bertz CT molecular complexity index is 3240. The highest BCUT2D eigenvalue weighted by atomic mass is 15.0. The van der Waals surface area contributed by atoms with E-state index in [2.05, 4.69) is 200 Å². The third-order valence-electron chi connectivity index (χ3n) is 11.1. The zero-order chi connectivity index (χ0) is 38.4. The molecule has 58 heavy (non-hydrogen) atoms. The fourth-order valence-corrected chi connectivity index (χ4v) is 8.17. The maximum atomic E-state index is 5.30. The van der Waals surface area contributed by atoms with Gasteiger partial charge in [-0.3, -0.25) is 0 Å². The standard InChI is InChI=1S/C54H34N4/c1-3-15-37(16-4-1)46-23-12-24-47-50(46)48-34-42(29-30-49(48)55-51(47)38-17-5-2-6-18-38)41-21-11-22-43(33-41)52-56-53(44-27-25-35-13-7-9-19-39(35)31-44)58-54(57-52)45-28-26-36-14-8-10-20-40(36)32-45/h1-34H. The van der Waals surface area contributed by atoms with Gasteiger partial charge in [-0.05, 0) is 74.1 Å². The highest BCUT2D eigenvalue weighted by molar-refractivity contribution is 6.17. The molecule has 270 valence electrons. The Morgan fingerprint density at radius 2 is 0.741 bits per heavy atom. The summed E-state index contributed by atoms with van der Waals surface area (Å²) in [7, 11) is 0. The van der Waals surface area contributed by atoms with Gasteiger partial charge in [-0.2, -0.15) is 0 Å². The van der Waals surface area contributed by atoms with Gasteiger partial charge in [0.1, 0.15) is 0 Å². The van der Waals surface area contributed by atoms with Gasteiger partial charge in [-0.1, -0.05) is 176 Å². The van der Waals surface area contributed by atoms with Crippen molar-refractivity contribution in [2.24, 2.45) is 0 Å². The van der Waals surface area contributed by atoms with Crippen LogP contribution in [0.4, 0.5) is 0 Å². The van der Waals surface area contributed by atoms with Crippen LogP contribution in [0.15, 0.2) is 206 Å². The lowest BCUT2D eigenvalue weighted by Crippen LogP contribution is -2.00. The summed E-state index contributed by atoms with van der Waals surface area (Å²) in [4.78, 5) is 20.7. The monoisotopic (exact) mass is 738 g/mol. The Morgan fingerprint density at radius 1 is 0.259 bits per heavy atom. The highest BCUT2D eigenvalue weighted by Gasteiger charge is 2.17. The maximum absolute atomic E-state index is 5.30. The molecule has 0 aliphatic rings. The molecule has 0 N–H and O–H groups in total. The zero-order valence-electron chi connectivity index (χ0n) is 31.4. The first-order valence-electron chi connectivity index (χ1n) is 19.5. The normalized spacial score (nSPS) is 11.4. The lowest BCUT2D eigenvalue weighted by molar-refractivity contribution is 1.08. The van der Waals surface area contributed by atoms with Gasteiger partial charge in [0.2, 0.25) is 0 Å². The van der Waals surface area contributed by atoms with Crippen LogP contribution in [0.25, 0.3) is 111 Å². The molecule has 11 aromatic rings. The molecule has 2 aromatic heterocycles. The van der Waals surface area contributed by atoms with E-state index in [-0.39, 0.29) is 0 Å². The molecule has 0 fully saturated rings. The van der Waals surface area contributed by atoms with Crippen molar-refractivity contribution >= 4 is 43.2 Å². The molecule has 9 aromatic carbocycles. The van der Waals surface area contributed by atoms with Crippen molar-refractivity contribution in [1.29, 1.82) is 0 Å². The molecule has 4 heteroatoms. The molecular formula is C54H34N4. The van der Waals surface area contributed by atoms with Crippen LogP contribution in [-0.2, 0) is 0 Å². The molecule has 4 nitrogen and oxygen atoms in total. The van der Waals surface area contributed by atoms with E-state index in [1.54, 1.807) is 0 Å². The van der Waals surface area contributed by atoms with Gasteiger partial charge in [0.25, 0.3) is 0 Å². The first-order valence-corrected chi connectivity index (χ1v) is 19.5. The molecule has 0 spiro atoms. The molecule has 0 aliphatic carbocycles. The predicted molar refractivity (Wildman–Crippen MR) is 240 cm³/mol. The minimum Gasteiger partial charge on any atom is -0.247 e. The van der Waals surface area contributed by atoms with Crippen molar-refractivity contribution in [3.05, 3.63) is 206 Å². The van der Waals surface area contributed by atoms with Crippen molar-refractivity contribution in [2.75, 3.05) is 0 Å². The number of nitrogens with zero attached hydrogens (tertiary/aromatic N) is 4. The fourth-order valence-electron chi connectivity index (χ4n) is 8.17.